The molecule has 0 radical (unpaired) electrons. The predicted octanol–water partition coefficient (Wildman–Crippen LogP) is 2.48. The highest BCUT2D eigenvalue weighted by molar-refractivity contribution is 7.20. The summed E-state index contributed by atoms with van der Waals surface area (Å²) in [5.74, 6) is 0.192. The van der Waals surface area contributed by atoms with Crippen molar-refractivity contribution < 1.29 is 4.79 Å². The molecule has 0 aliphatic carbocycles. The Hall–Kier alpha value is -3.02. The zero-order chi connectivity index (χ0) is 18.8. The number of carbonyl (C=O) groups is 1. The summed E-state index contributed by atoms with van der Waals surface area (Å²) in [4.78, 5) is 35.2. The number of benzene rings is 1. The third kappa shape index (κ3) is 3.35. The molecular formula is C18H17N5O2S. The molecule has 0 spiro atoms. The molecule has 2 heterocycles. The molecule has 1 aromatic carbocycles. The molecule has 3 aromatic rings. The van der Waals surface area contributed by atoms with Crippen molar-refractivity contribution in [3.63, 3.8) is 0 Å². The van der Waals surface area contributed by atoms with Gasteiger partial charge in [-0.15, -0.1) is 11.3 Å². The van der Waals surface area contributed by atoms with E-state index in [2.05, 4.69) is 15.3 Å². The van der Waals surface area contributed by atoms with E-state index >= 15 is 0 Å². The Bertz CT molecular complexity index is 1090. The van der Waals surface area contributed by atoms with Crippen LogP contribution >= 0.6 is 11.3 Å². The lowest BCUT2D eigenvalue weighted by Gasteiger charge is -2.07. The normalized spacial score (nSPS) is 10.9. The molecule has 0 unspecified atom stereocenters. The largest absolute Gasteiger partial charge is 0.320 e. The number of hydrogen-bond donors (Lipinski definition) is 2. The molecule has 3 rings (SSSR count). The number of H-pyrrole nitrogens is 1. The van der Waals surface area contributed by atoms with Gasteiger partial charge in [0, 0.05) is 0 Å². The van der Waals surface area contributed by atoms with Gasteiger partial charge in [0.25, 0.3) is 11.5 Å². The van der Waals surface area contributed by atoms with E-state index in [-0.39, 0.29) is 11.5 Å². The first-order valence-corrected chi connectivity index (χ1v) is 8.70. The first-order valence-electron chi connectivity index (χ1n) is 7.88. The molecule has 2 aromatic heterocycles. The van der Waals surface area contributed by atoms with Crippen LogP contribution < -0.4 is 10.9 Å². The average Bonchev–Trinajstić information content (AvgIpc) is 2.92. The predicted molar refractivity (Wildman–Crippen MR) is 101 cm³/mol. The van der Waals surface area contributed by atoms with E-state index in [9.17, 15) is 9.59 Å². The maximum absolute atomic E-state index is 12.7. The van der Waals surface area contributed by atoms with Crippen molar-refractivity contribution in [1.29, 1.82) is 5.26 Å². The van der Waals surface area contributed by atoms with Gasteiger partial charge in [-0.25, -0.2) is 4.98 Å². The maximum atomic E-state index is 12.7. The third-order valence-corrected chi connectivity index (χ3v) is 5.00. The van der Waals surface area contributed by atoms with Crippen LogP contribution in [0.4, 0.5) is 5.69 Å². The first-order chi connectivity index (χ1) is 12.4. The second-order valence-electron chi connectivity index (χ2n) is 6.10. The number of hydrogen-bond acceptors (Lipinski definition) is 6. The van der Waals surface area contributed by atoms with Crippen molar-refractivity contribution >= 4 is 33.1 Å². The zero-order valence-corrected chi connectivity index (χ0v) is 15.4. The zero-order valence-electron chi connectivity index (χ0n) is 14.6. The summed E-state index contributed by atoms with van der Waals surface area (Å²) in [5.41, 5.74) is 1.15. The number of carbonyl (C=O) groups excluding carboxylic acids is 1. The van der Waals surface area contributed by atoms with Crippen LogP contribution in [0.5, 0.6) is 0 Å². The minimum atomic E-state index is -0.359. The van der Waals surface area contributed by atoms with E-state index in [0.717, 1.165) is 0 Å². The topological polar surface area (TPSA) is 102 Å². The molecule has 2 N–H and O–H groups in total. The van der Waals surface area contributed by atoms with E-state index in [4.69, 9.17) is 5.26 Å². The number of aromatic amines is 1. The highest BCUT2D eigenvalue weighted by atomic mass is 32.1. The van der Waals surface area contributed by atoms with Gasteiger partial charge < -0.3 is 15.2 Å². The van der Waals surface area contributed by atoms with E-state index in [0.29, 0.717) is 44.3 Å². The highest BCUT2D eigenvalue weighted by Crippen LogP contribution is 2.28. The smallest absolute Gasteiger partial charge is 0.266 e. The maximum Gasteiger partial charge on any atom is 0.266 e. The van der Waals surface area contributed by atoms with Crippen LogP contribution in [0.3, 0.4) is 0 Å². The molecule has 0 bridgehead atoms. The fraction of sp³-hybridized carbons (Fsp3) is 0.222. The number of nitriles is 1. The summed E-state index contributed by atoms with van der Waals surface area (Å²) in [6, 6.07) is 8.82. The van der Waals surface area contributed by atoms with Crippen LogP contribution in [-0.2, 0) is 6.54 Å². The minimum Gasteiger partial charge on any atom is -0.320 e. The van der Waals surface area contributed by atoms with E-state index in [1.54, 1.807) is 31.2 Å². The van der Waals surface area contributed by atoms with E-state index in [1.165, 1.54) is 11.3 Å². The van der Waals surface area contributed by atoms with Crippen LogP contribution in [0.2, 0.25) is 0 Å². The molecule has 0 atom stereocenters. The van der Waals surface area contributed by atoms with E-state index in [1.807, 2.05) is 25.1 Å². The summed E-state index contributed by atoms with van der Waals surface area (Å²) < 4.78 is 0. The summed E-state index contributed by atoms with van der Waals surface area (Å²) in [6.07, 6.45) is 0. The van der Waals surface area contributed by atoms with Gasteiger partial charge >= 0.3 is 0 Å². The van der Waals surface area contributed by atoms with Crippen molar-refractivity contribution in [3.8, 4) is 6.07 Å². The fourth-order valence-electron chi connectivity index (χ4n) is 2.65. The van der Waals surface area contributed by atoms with Crippen LogP contribution in [0.15, 0.2) is 29.1 Å². The van der Waals surface area contributed by atoms with Gasteiger partial charge in [-0.05, 0) is 38.7 Å². The molecular weight excluding hydrogens is 350 g/mol. The Balaban J connectivity index is 2.01. The van der Waals surface area contributed by atoms with Gasteiger partial charge in [0.2, 0.25) is 0 Å². The molecule has 26 heavy (non-hydrogen) atoms. The van der Waals surface area contributed by atoms with E-state index < -0.39 is 0 Å². The van der Waals surface area contributed by atoms with Crippen LogP contribution in [0, 0.1) is 18.3 Å². The molecule has 0 saturated carbocycles. The van der Waals surface area contributed by atoms with Crippen molar-refractivity contribution in [1.82, 2.24) is 14.9 Å². The number of para-hydroxylation sites is 1. The highest BCUT2D eigenvalue weighted by Gasteiger charge is 2.20. The van der Waals surface area contributed by atoms with Gasteiger partial charge in [0.15, 0.2) is 0 Å². The molecule has 0 saturated heterocycles. The first kappa shape index (κ1) is 17.8. The van der Waals surface area contributed by atoms with Gasteiger partial charge in [0.1, 0.15) is 16.7 Å². The van der Waals surface area contributed by atoms with Crippen LogP contribution in [0.25, 0.3) is 10.2 Å². The summed E-state index contributed by atoms with van der Waals surface area (Å²) in [7, 11) is 3.77. The van der Waals surface area contributed by atoms with Crippen molar-refractivity contribution in [2.24, 2.45) is 0 Å². The lowest BCUT2D eigenvalue weighted by atomic mass is 10.1. The number of nitrogens with one attached hydrogen (secondary N) is 2. The number of amides is 1. The standard InChI is InChI=1S/C18H17N5O2S/c1-10-14-16(24)21-13(9-23(2)3)22-18(14)26-15(10)17(25)20-12-7-5-4-6-11(12)8-19/h4-7H,9H2,1-3H3,(H,20,25)(H,21,22,24). The molecule has 8 heteroatoms. The Morgan fingerprint density at radius 3 is 2.81 bits per heavy atom. The lowest BCUT2D eigenvalue weighted by Crippen LogP contribution is -2.18. The second kappa shape index (κ2) is 7.07. The number of aromatic nitrogens is 2. The Kier molecular flexibility index (Phi) is 4.84. The number of anilines is 1. The number of nitrogens with zero attached hydrogens (tertiary/aromatic N) is 3. The van der Waals surface area contributed by atoms with Crippen molar-refractivity contribution in [3.05, 3.63) is 56.4 Å². The molecule has 0 aliphatic heterocycles. The molecule has 1 amide bonds. The summed E-state index contributed by atoms with van der Waals surface area (Å²) >= 11 is 1.18. The quantitative estimate of drug-likeness (QED) is 0.737. The van der Waals surface area contributed by atoms with Gasteiger partial charge in [-0.1, -0.05) is 12.1 Å². The minimum absolute atomic E-state index is 0.253. The third-order valence-electron chi connectivity index (χ3n) is 3.82. The summed E-state index contributed by atoms with van der Waals surface area (Å²) in [6.45, 7) is 2.23. The average molecular weight is 367 g/mol. The van der Waals surface area contributed by atoms with Crippen LogP contribution in [0.1, 0.15) is 26.6 Å². The number of rotatable bonds is 4. The monoisotopic (exact) mass is 367 g/mol. The number of thiophene rings is 1. The molecule has 0 fully saturated rings. The Labute approximate surface area is 153 Å². The van der Waals surface area contributed by atoms with Gasteiger partial charge in [0.05, 0.1) is 28.1 Å². The molecule has 132 valence electrons. The van der Waals surface area contributed by atoms with Gasteiger partial charge in [-0.2, -0.15) is 5.26 Å². The van der Waals surface area contributed by atoms with Gasteiger partial charge in [-0.3, -0.25) is 9.59 Å². The van der Waals surface area contributed by atoms with Crippen LogP contribution in [-0.4, -0.2) is 34.9 Å². The lowest BCUT2D eigenvalue weighted by molar-refractivity contribution is 0.103. The SMILES string of the molecule is Cc1c(C(=O)Nc2ccccc2C#N)sc2nc(CN(C)C)[nH]c(=O)c12. The fourth-order valence-corrected chi connectivity index (χ4v) is 3.74. The number of fused-ring (bicyclic) bond motifs is 1. The molecule has 7 nitrogen and oxygen atoms in total. The second-order valence-corrected chi connectivity index (χ2v) is 7.10. The molecule has 0 aliphatic rings. The Morgan fingerprint density at radius 2 is 2.12 bits per heavy atom. The number of aryl methyl sites for hydroxylation is 1. The van der Waals surface area contributed by atoms with Crippen molar-refractivity contribution in [2.75, 3.05) is 19.4 Å². The summed E-state index contributed by atoms with van der Waals surface area (Å²) in [5, 5.41) is 12.3. The Morgan fingerprint density at radius 1 is 1.38 bits per heavy atom. The van der Waals surface area contributed by atoms with Crippen molar-refractivity contribution in [2.45, 2.75) is 13.5 Å².